The van der Waals surface area contributed by atoms with Crippen LogP contribution >= 0.6 is 0 Å². The topological polar surface area (TPSA) is 60.2 Å². The van der Waals surface area contributed by atoms with Gasteiger partial charge >= 0.3 is 0 Å². The lowest BCUT2D eigenvalue weighted by Crippen LogP contribution is -2.35. The standard InChI is InChI=1S/C9H19NO2S/c1-9(2)6-4-3-5-8(9)7-13(10,11)12/h8H,3-7H2,1-2H3,(H2,10,11,12). The Bertz CT molecular complexity index is 269. The predicted octanol–water partition coefficient (Wildman–Crippen LogP) is 1.49. The summed E-state index contributed by atoms with van der Waals surface area (Å²) in [7, 11) is -3.29. The summed E-state index contributed by atoms with van der Waals surface area (Å²) in [4.78, 5) is 0. The molecular formula is C9H19NO2S. The summed E-state index contributed by atoms with van der Waals surface area (Å²) in [6, 6.07) is 0. The molecule has 13 heavy (non-hydrogen) atoms. The molecule has 0 aromatic rings. The van der Waals surface area contributed by atoms with Crippen LogP contribution in [0.5, 0.6) is 0 Å². The van der Waals surface area contributed by atoms with Gasteiger partial charge in [0.15, 0.2) is 0 Å². The van der Waals surface area contributed by atoms with Gasteiger partial charge in [0, 0.05) is 0 Å². The second-order valence-corrected chi connectivity index (χ2v) is 6.42. The summed E-state index contributed by atoms with van der Waals surface area (Å²) in [5.41, 5.74) is 0.144. The summed E-state index contributed by atoms with van der Waals surface area (Å²) in [5.74, 6) is 0.399. The summed E-state index contributed by atoms with van der Waals surface area (Å²) in [6.07, 6.45) is 4.48. The maximum Gasteiger partial charge on any atom is 0.209 e. The highest BCUT2D eigenvalue weighted by molar-refractivity contribution is 7.89. The van der Waals surface area contributed by atoms with Gasteiger partial charge in [-0.15, -0.1) is 0 Å². The molecule has 0 bridgehead atoms. The van der Waals surface area contributed by atoms with E-state index in [0.29, 0.717) is 0 Å². The van der Waals surface area contributed by atoms with E-state index >= 15 is 0 Å². The van der Waals surface area contributed by atoms with E-state index in [4.69, 9.17) is 5.14 Å². The Hall–Kier alpha value is -0.0900. The molecule has 1 aliphatic rings. The first kappa shape index (κ1) is 11.0. The Labute approximate surface area is 80.8 Å². The van der Waals surface area contributed by atoms with E-state index in [0.717, 1.165) is 19.3 Å². The minimum atomic E-state index is -3.29. The predicted molar refractivity (Wildman–Crippen MR) is 53.7 cm³/mol. The van der Waals surface area contributed by atoms with Crippen molar-refractivity contribution in [2.45, 2.75) is 39.5 Å². The van der Waals surface area contributed by atoms with Crippen molar-refractivity contribution in [3.8, 4) is 0 Å². The quantitative estimate of drug-likeness (QED) is 0.742. The molecule has 1 saturated carbocycles. The lowest BCUT2D eigenvalue weighted by Gasteiger charge is -2.38. The van der Waals surface area contributed by atoms with Gasteiger partial charge in [-0.05, 0) is 24.2 Å². The van der Waals surface area contributed by atoms with Gasteiger partial charge in [-0.1, -0.05) is 26.7 Å². The van der Waals surface area contributed by atoms with Crippen LogP contribution in [0.3, 0.4) is 0 Å². The largest absolute Gasteiger partial charge is 0.229 e. The normalized spacial score (nSPS) is 28.7. The maximum atomic E-state index is 11.0. The van der Waals surface area contributed by atoms with Crippen molar-refractivity contribution in [3.05, 3.63) is 0 Å². The second kappa shape index (κ2) is 3.58. The molecule has 0 aromatic carbocycles. The smallest absolute Gasteiger partial charge is 0.209 e. The molecule has 78 valence electrons. The van der Waals surface area contributed by atoms with Gasteiger partial charge in [0.05, 0.1) is 5.75 Å². The van der Waals surface area contributed by atoms with Gasteiger partial charge in [-0.2, -0.15) is 0 Å². The number of sulfonamides is 1. The van der Waals surface area contributed by atoms with E-state index in [-0.39, 0.29) is 17.1 Å². The molecule has 0 saturated heterocycles. The third kappa shape index (κ3) is 3.27. The number of hydrogen-bond donors (Lipinski definition) is 1. The Balaban J connectivity index is 2.67. The van der Waals surface area contributed by atoms with Crippen LogP contribution in [0.2, 0.25) is 0 Å². The number of hydrogen-bond acceptors (Lipinski definition) is 2. The van der Waals surface area contributed by atoms with Crippen LogP contribution < -0.4 is 5.14 Å². The lowest BCUT2D eigenvalue weighted by molar-refractivity contribution is 0.156. The molecule has 1 aliphatic carbocycles. The second-order valence-electron chi connectivity index (χ2n) is 4.76. The summed E-state index contributed by atoms with van der Waals surface area (Å²) in [6.45, 7) is 4.28. The number of primary sulfonamides is 1. The zero-order chi connectivity index (χ0) is 10.1. The molecule has 1 fully saturated rings. The third-order valence-electron chi connectivity index (χ3n) is 3.16. The Kier molecular flexibility index (Phi) is 3.02. The average molecular weight is 205 g/mol. The van der Waals surface area contributed by atoms with E-state index in [1.807, 2.05) is 0 Å². The van der Waals surface area contributed by atoms with Gasteiger partial charge in [0.2, 0.25) is 10.0 Å². The minimum Gasteiger partial charge on any atom is -0.229 e. The van der Waals surface area contributed by atoms with E-state index in [9.17, 15) is 8.42 Å². The molecule has 1 unspecified atom stereocenters. The molecule has 0 amide bonds. The first-order valence-electron chi connectivity index (χ1n) is 4.82. The van der Waals surface area contributed by atoms with Crippen molar-refractivity contribution in [1.29, 1.82) is 0 Å². The fourth-order valence-electron chi connectivity index (χ4n) is 2.16. The van der Waals surface area contributed by atoms with Crippen LogP contribution in [-0.2, 0) is 10.0 Å². The van der Waals surface area contributed by atoms with Gasteiger partial charge in [-0.3, -0.25) is 0 Å². The van der Waals surface area contributed by atoms with E-state index in [2.05, 4.69) is 13.8 Å². The van der Waals surface area contributed by atoms with E-state index in [1.165, 1.54) is 6.42 Å². The van der Waals surface area contributed by atoms with Crippen LogP contribution in [0, 0.1) is 11.3 Å². The van der Waals surface area contributed by atoms with Gasteiger partial charge in [-0.25, -0.2) is 13.6 Å². The third-order valence-corrected chi connectivity index (χ3v) is 4.03. The highest BCUT2D eigenvalue weighted by atomic mass is 32.2. The van der Waals surface area contributed by atoms with E-state index in [1.54, 1.807) is 0 Å². The van der Waals surface area contributed by atoms with Crippen LogP contribution in [0.25, 0.3) is 0 Å². The maximum absolute atomic E-state index is 11.0. The average Bonchev–Trinajstić information content (AvgIpc) is 1.91. The molecule has 0 spiro atoms. The SMILES string of the molecule is CC1(C)CCCCC1CS(N)(=O)=O. The van der Waals surface area contributed by atoms with E-state index < -0.39 is 10.0 Å². The number of rotatable bonds is 2. The zero-order valence-electron chi connectivity index (χ0n) is 8.41. The fourth-order valence-corrected chi connectivity index (χ4v) is 3.33. The van der Waals surface area contributed by atoms with Crippen LogP contribution in [-0.4, -0.2) is 14.2 Å². The highest BCUT2D eigenvalue weighted by Crippen LogP contribution is 2.40. The molecule has 0 heterocycles. The van der Waals surface area contributed by atoms with Gasteiger partial charge < -0.3 is 0 Å². The zero-order valence-corrected chi connectivity index (χ0v) is 9.23. The first-order valence-corrected chi connectivity index (χ1v) is 6.53. The van der Waals surface area contributed by atoms with Crippen molar-refractivity contribution >= 4 is 10.0 Å². The lowest BCUT2D eigenvalue weighted by atomic mass is 9.70. The summed E-state index contributed by atoms with van der Waals surface area (Å²) >= 11 is 0. The molecule has 0 radical (unpaired) electrons. The first-order chi connectivity index (χ1) is 5.81. The monoisotopic (exact) mass is 205 g/mol. The minimum absolute atomic E-state index is 0.144. The van der Waals surface area contributed by atoms with Crippen molar-refractivity contribution in [2.75, 3.05) is 5.75 Å². The molecule has 1 rings (SSSR count). The van der Waals surface area contributed by atoms with Gasteiger partial charge in [0.25, 0.3) is 0 Å². The molecule has 2 N–H and O–H groups in total. The van der Waals surface area contributed by atoms with Crippen molar-refractivity contribution in [3.63, 3.8) is 0 Å². The van der Waals surface area contributed by atoms with Crippen LogP contribution in [0.1, 0.15) is 39.5 Å². The Morgan fingerprint density at radius 2 is 2.00 bits per heavy atom. The van der Waals surface area contributed by atoms with Crippen LogP contribution in [0.15, 0.2) is 0 Å². The van der Waals surface area contributed by atoms with Crippen molar-refractivity contribution in [1.82, 2.24) is 0 Å². The molecular weight excluding hydrogens is 186 g/mol. The van der Waals surface area contributed by atoms with Crippen LogP contribution in [0.4, 0.5) is 0 Å². The molecule has 0 aliphatic heterocycles. The molecule has 4 heteroatoms. The summed E-state index contributed by atoms with van der Waals surface area (Å²) in [5, 5.41) is 5.06. The Morgan fingerprint density at radius 3 is 2.46 bits per heavy atom. The molecule has 3 nitrogen and oxygen atoms in total. The van der Waals surface area contributed by atoms with Gasteiger partial charge in [0.1, 0.15) is 0 Å². The highest BCUT2D eigenvalue weighted by Gasteiger charge is 2.34. The molecule has 0 aromatic heterocycles. The molecule has 1 atom stereocenters. The Morgan fingerprint density at radius 1 is 1.38 bits per heavy atom. The number of nitrogens with two attached hydrogens (primary N) is 1. The fraction of sp³-hybridized carbons (Fsp3) is 1.00. The van der Waals surface area contributed by atoms with Crippen molar-refractivity contribution < 1.29 is 8.42 Å². The van der Waals surface area contributed by atoms with Crippen molar-refractivity contribution in [2.24, 2.45) is 16.5 Å². The summed E-state index contributed by atoms with van der Waals surface area (Å²) < 4.78 is 21.9.